The van der Waals surface area contributed by atoms with Crippen molar-refractivity contribution in [3.05, 3.63) is 41.0 Å². The minimum Gasteiger partial charge on any atom is -0.480 e. The highest BCUT2D eigenvalue weighted by molar-refractivity contribution is 7.13. The van der Waals surface area contributed by atoms with Crippen molar-refractivity contribution in [2.45, 2.75) is 78.1 Å². The molecule has 14 heteroatoms. The number of thiazole rings is 1. The molecule has 51 heavy (non-hydrogen) atoms. The average Bonchev–Trinajstić information content (AvgIpc) is 3.69. The maximum Gasteiger partial charge on any atom is 0.317 e. The number of hydrogen-bond acceptors (Lipinski definition) is 10. The molecule has 3 aliphatic heterocycles. The minimum atomic E-state index is -0.876. The summed E-state index contributed by atoms with van der Waals surface area (Å²) in [6.45, 7) is 15.6. The smallest absolute Gasteiger partial charge is 0.317 e. The Morgan fingerprint density at radius 3 is 2.16 bits per heavy atom. The molecule has 5 rings (SSSR count). The lowest BCUT2D eigenvalue weighted by atomic mass is 9.85. The molecule has 4 atom stereocenters. The molecule has 280 valence electrons. The van der Waals surface area contributed by atoms with Crippen molar-refractivity contribution in [2.24, 2.45) is 11.3 Å². The number of hydrogen-bond donors (Lipinski definition) is 4. The van der Waals surface area contributed by atoms with Crippen LogP contribution in [-0.2, 0) is 19.2 Å². The molecule has 3 amide bonds. The van der Waals surface area contributed by atoms with Gasteiger partial charge in [0.15, 0.2) is 0 Å². The van der Waals surface area contributed by atoms with Gasteiger partial charge in [-0.05, 0) is 62.2 Å². The van der Waals surface area contributed by atoms with E-state index in [2.05, 4.69) is 25.4 Å². The number of amides is 3. The van der Waals surface area contributed by atoms with E-state index in [0.29, 0.717) is 5.92 Å². The number of rotatable bonds is 12. The van der Waals surface area contributed by atoms with Crippen molar-refractivity contribution < 1.29 is 29.4 Å². The highest BCUT2D eigenvalue weighted by Crippen LogP contribution is 2.30. The van der Waals surface area contributed by atoms with Gasteiger partial charge in [-0.1, -0.05) is 45.0 Å². The van der Waals surface area contributed by atoms with E-state index in [0.717, 1.165) is 80.4 Å². The van der Waals surface area contributed by atoms with Gasteiger partial charge in [0.1, 0.15) is 12.1 Å². The van der Waals surface area contributed by atoms with Crippen LogP contribution in [0.25, 0.3) is 10.4 Å². The Balaban J connectivity index is 1.12. The number of aliphatic carboxylic acids is 1. The number of aryl methyl sites for hydroxylation is 1. The fourth-order valence-electron chi connectivity index (χ4n) is 7.44. The highest BCUT2D eigenvalue weighted by Gasteiger charge is 2.45. The summed E-state index contributed by atoms with van der Waals surface area (Å²) < 4.78 is 0. The van der Waals surface area contributed by atoms with Gasteiger partial charge in [-0.2, -0.15) is 0 Å². The van der Waals surface area contributed by atoms with Crippen LogP contribution in [0.5, 0.6) is 0 Å². The molecule has 1 aromatic carbocycles. The Hall–Kier alpha value is -3.43. The van der Waals surface area contributed by atoms with Crippen LogP contribution in [-0.4, -0.2) is 142 Å². The van der Waals surface area contributed by atoms with Gasteiger partial charge in [0.05, 0.1) is 41.3 Å². The first kappa shape index (κ1) is 38.8. The Morgan fingerprint density at radius 1 is 0.941 bits per heavy atom. The highest BCUT2D eigenvalue weighted by atomic mass is 32.1. The first-order chi connectivity index (χ1) is 24.2. The Kier molecular flexibility index (Phi) is 12.9. The fourth-order valence-corrected chi connectivity index (χ4v) is 8.25. The zero-order valence-electron chi connectivity index (χ0n) is 30.6. The van der Waals surface area contributed by atoms with E-state index in [4.69, 9.17) is 5.11 Å². The number of carbonyl (C=O) groups excluding carboxylic acids is 3. The summed E-state index contributed by atoms with van der Waals surface area (Å²) in [5.41, 5.74) is 4.15. The van der Waals surface area contributed by atoms with Crippen molar-refractivity contribution >= 4 is 35.0 Å². The van der Waals surface area contributed by atoms with Gasteiger partial charge in [-0.3, -0.25) is 29.0 Å². The Bertz CT molecular complexity index is 1510. The van der Waals surface area contributed by atoms with E-state index in [1.807, 2.05) is 69.3 Å². The molecular formula is C37H55N7O6S. The molecule has 0 spiro atoms. The summed E-state index contributed by atoms with van der Waals surface area (Å²) in [4.78, 5) is 65.5. The number of piperazine rings is 1. The summed E-state index contributed by atoms with van der Waals surface area (Å²) in [7, 11) is 0. The van der Waals surface area contributed by atoms with Crippen LogP contribution >= 0.6 is 11.3 Å². The number of benzene rings is 1. The molecule has 0 bridgehead atoms. The van der Waals surface area contributed by atoms with Crippen molar-refractivity contribution in [3.8, 4) is 10.4 Å². The third kappa shape index (κ3) is 10.3. The Morgan fingerprint density at radius 2 is 1.57 bits per heavy atom. The molecule has 3 fully saturated rings. The summed E-state index contributed by atoms with van der Waals surface area (Å²) >= 11 is 1.58. The lowest BCUT2D eigenvalue weighted by molar-refractivity contribution is -0.144. The second kappa shape index (κ2) is 16.9. The van der Waals surface area contributed by atoms with Crippen LogP contribution in [0.3, 0.4) is 0 Å². The third-order valence-corrected chi connectivity index (χ3v) is 11.5. The van der Waals surface area contributed by atoms with E-state index in [1.165, 1.54) is 4.90 Å². The largest absolute Gasteiger partial charge is 0.480 e. The first-order valence-corrected chi connectivity index (χ1v) is 19.0. The SMILES string of the molecule is Cc1ncsc1-c1ccc([C@H](C)NC(=O)[C@@H]2C[C@@H](O)CN2C(=O)[C@@H](NC(=O)CN2CCN(CC3CCN(CC(=O)O)CC3)CC2)C(C)(C)C)cc1. The number of carboxylic acids is 1. The number of nitrogens with one attached hydrogen (secondary N) is 2. The van der Waals surface area contributed by atoms with Crippen molar-refractivity contribution in [1.29, 1.82) is 0 Å². The number of piperidine rings is 1. The van der Waals surface area contributed by atoms with Crippen LogP contribution in [0.1, 0.15) is 64.3 Å². The quantitative estimate of drug-likeness (QED) is 0.256. The van der Waals surface area contributed by atoms with Gasteiger partial charge in [0.25, 0.3) is 0 Å². The van der Waals surface area contributed by atoms with Crippen LogP contribution in [0, 0.1) is 18.3 Å². The van der Waals surface area contributed by atoms with Gasteiger partial charge in [-0.15, -0.1) is 11.3 Å². The maximum atomic E-state index is 14.1. The summed E-state index contributed by atoms with van der Waals surface area (Å²) in [5, 5.41) is 25.7. The Labute approximate surface area is 305 Å². The summed E-state index contributed by atoms with van der Waals surface area (Å²) in [5.74, 6) is -1.18. The fraction of sp³-hybridized carbons (Fsp3) is 0.649. The molecule has 4 N–H and O–H groups in total. The predicted molar refractivity (Wildman–Crippen MR) is 196 cm³/mol. The molecule has 3 aliphatic rings. The van der Waals surface area contributed by atoms with Crippen molar-refractivity contribution in [2.75, 3.05) is 65.4 Å². The maximum absolute atomic E-state index is 14.1. The second-order valence-corrected chi connectivity index (χ2v) is 16.4. The molecule has 0 saturated carbocycles. The van der Waals surface area contributed by atoms with E-state index in [-0.39, 0.29) is 49.8 Å². The monoisotopic (exact) mass is 725 g/mol. The van der Waals surface area contributed by atoms with Crippen LogP contribution in [0.2, 0.25) is 0 Å². The average molecular weight is 726 g/mol. The van der Waals surface area contributed by atoms with Crippen LogP contribution in [0.15, 0.2) is 29.8 Å². The number of β-amino-alcohol motifs (C(OH)–C–C–N with tert-alkyl or cyclic N) is 1. The molecular weight excluding hydrogens is 671 g/mol. The van der Waals surface area contributed by atoms with Gasteiger partial charge >= 0.3 is 5.97 Å². The number of carboxylic acid groups (broad SMARTS) is 1. The zero-order chi connectivity index (χ0) is 36.9. The molecule has 0 radical (unpaired) electrons. The van der Waals surface area contributed by atoms with Crippen LogP contribution in [0.4, 0.5) is 0 Å². The van der Waals surface area contributed by atoms with E-state index in [1.54, 1.807) is 11.3 Å². The number of aromatic nitrogens is 1. The topological polar surface area (TPSA) is 159 Å². The standard InChI is InChI=1S/C37H55N7O6S/c1-24(27-6-8-28(9-7-27)33-25(2)38-23-51-33)39-35(49)30-18-29(45)20-44(30)36(50)34(37(3,4)5)40-31(46)21-43-16-14-42(15-17-43)19-26-10-12-41(13-11-26)22-32(47)48/h6-9,23-24,26,29-30,34,45H,10-22H2,1-5H3,(H,39,49)(H,40,46)(H,47,48)/t24-,29+,30-,34+/m0/s1. The first-order valence-electron chi connectivity index (χ1n) is 18.2. The number of likely N-dealkylation sites (tertiary alicyclic amines) is 2. The number of aliphatic hydroxyl groups excluding tert-OH is 1. The summed E-state index contributed by atoms with van der Waals surface area (Å²) in [6, 6.07) is 5.94. The van der Waals surface area contributed by atoms with Gasteiger partial charge in [-0.25, -0.2) is 4.98 Å². The number of carbonyl (C=O) groups is 4. The van der Waals surface area contributed by atoms with Crippen molar-refractivity contribution in [1.82, 2.24) is 35.2 Å². The molecule has 0 aliphatic carbocycles. The number of aliphatic hydroxyl groups is 1. The lowest BCUT2D eigenvalue weighted by Gasteiger charge is -2.39. The predicted octanol–water partition coefficient (Wildman–Crippen LogP) is 2.20. The van der Waals surface area contributed by atoms with Gasteiger partial charge in [0, 0.05) is 45.7 Å². The molecule has 0 unspecified atom stereocenters. The van der Waals surface area contributed by atoms with Gasteiger partial charge < -0.3 is 30.6 Å². The third-order valence-electron chi connectivity index (χ3n) is 10.5. The second-order valence-electron chi connectivity index (χ2n) is 15.6. The summed E-state index contributed by atoms with van der Waals surface area (Å²) in [6.07, 6.45) is 1.28. The molecule has 13 nitrogen and oxygen atoms in total. The molecule has 1 aromatic heterocycles. The molecule has 3 saturated heterocycles. The number of nitrogens with zero attached hydrogens (tertiary/aromatic N) is 5. The van der Waals surface area contributed by atoms with Crippen molar-refractivity contribution in [3.63, 3.8) is 0 Å². The van der Waals surface area contributed by atoms with E-state index < -0.39 is 29.6 Å². The zero-order valence-corrected chi connectivity index (χ0v) is 31.5. The molecule has 2 aromatic rings. The van der Waals surface area contributed by atoms with Crippen LogP contribution < -0.4 is 10.6 Å². The van der Waals surface area contributed by atoms with E-state index in [9.17, 15) is 24.3 Å². The van der Waals surface area contributed by atoms with E-state index >= 15 is 0 Å². The molecule has 4 heterocycles. The normalized spacial score (nSPS) is 22.4. The minimum absolute atomic E-state index is 0.0250. The van der Waals surface area contributed by atoms with Gasteiger partial charge in [0.2, 0.25) is 17.7 Å². The lowest BCUT2D eigenvalue weighted by Crippen LogP contribution is -2.59.